The first kappa shape index (κ1) is 20.6. The first-order chi connectivity index (χ1) is 13.0. The number of benzene rings is 2. The third-order valence-corrected chi connectivity index (χ3v) is 4.11. The van der Waals surface area contributed by atoms with Crippen molar-refractivity contribution >= 4 is 17.7 Å². The lowest BCUT2D eigenvalue weighted by molar-refractivity contribution is -0.111. The zero-order chi connectivity index (χ0) is 19.6. The van der Waals surface area contributed by atoms with Gasteiger partial charge in [0, 0.05) is 11.8 Å². The number of carbonyl (C=O) groups is 1. The zero-order valence-electron chi connectivity index (χ0n) is 16.7. The van der Waals surface area contributed by atoms with Crippen LogP contribution in [0.4, 0.5) is 5.69 Å². The molecule has 0 aliphatic rings. The second-order valence-electron chi connectivity index (χ2n) is 6.66. The van der Waals surface area contributed by atoms with Crippen molar-refractivity contribution in [3.63, 3.8) is 0 Å². The van der Waals surface area contributed by atoms with Crippen LogP contribution in [0.3, 0.4) is 0 Å². The van der Waals surface area contributed by atoms with Crippen molar-refractivity contribution in [3.8, 4) is 11.5 Å². The smallest absolute Gasteiger partial charge is 0.248 e. The highest BCUT2D eigenvalue weighted by Crippen LogP contribution is 2.28. The maximum Gasteiger partial charge on any atom is 0.248 e. The van der Waals surface area contributed by atoms with Crippen LogP contribution in [0.5, 0.6) is 11.5 Å². The van der Waals surface area contributed by atoms with Crippen LogP contribution in [0.25, 0.3) is 6.08 Å². The molecule has 4 heteroatoms. The fourth-order valence-corrected chi connectivity index (χ4v) is 2.84. The molecular formula is C23H29NO3. The summed E-state index contributed by atoms with van der Waals surface area (Å²) >= 11 is 0. The first-order valence-corrected chi connectivity index (χ1v) is 9.40. The molecule has 0 spiro atoms. The maximum atomic E-state index is 12.2. The van der Waals surface area contributed by atoms with Gasteiger partial charge in [-0.1, -0.05) is 31.9 Å². The van der Waals surface area contributed by atoms with Crippen LogP contribution in [-0.4, -0.2) is 19.6 Å². The fraction of sp³-hybridized carbons (Fsp3) is 0.348. The van der Waals surface area contributed by atoms with E-state index in [4.69, 9.17) is 9.47 Å². The van der Waals surface area contributed by atoms with E-state index in [0.29, 0.717) is 12.4 Å². The van der Waals surface area contributed by atoms with E-state index in [0.717, 1.165) is 47.4 Å². The minimum absolute atomic E-state index is 0.168. The Morgan fingerprint density at radius 3 is 2.44 bits per heavy atom. The number of unbranched alkanes of at least 4 members (excludes halogenated alkanes) is 2. The third-order valence-electron chi connectivity index (χ3n) is 4.11. The van der Waals surface area contributed by atoms with E-state index in [9.17, 15) is 4.79 Å². The molecule has 0 unspecified atom stereocenters. The number of amides is 1. The van der Waals surface area contributed by atoms with Crippen LogP contribution in [0.15, 0.2) is 42.5 Å². The van der Waals surface area contributed by atoms with Crippen LogP contribution < -0.4 is 14.8 Å². The number of ether oxygens (including phenoxy) is 2. The Balaban J connectivity index is 1.99. The average molecular weight is 367 g/mol. The van der Waals surface area contributed by atoms with E-state index >= 15 is 0 Å². The van der Waals surface area contributed by atoms with Crippen molar-refractivity contribution in [1.82, 2.24) is 0 Å². The molecule has 0 saturated heterocycles. The molecule has 4 nitrogen and oxygen atoms in total. The van der Waals surface area contributed by atoms with Crippen LogP contribution in [0.1, 0.15) is 42.9 Å². The monoisotopic (exact) mass is 367 g/mol. The fourth-order valence-electron chi connectivity index (χ4n) is 2.84. The Hall–Kier alpha value is -2.75. The Bertz CT molecular complexity index is 776. The summed E-state index contributed by atoms with van der Waals surface area (Å²) in [5, 5.41) is 2.89. The van der Waals surface area contributed by atoms with E-state index in [2.05, 4.69) is 18.3 Å². The van der Waals surface area contributed by atoms with Crippen LogP contribution in [0.2, 0.25) is 0 Å². The maximum absolute atomic E-state index is 12.2. The van der Waals surface area contributed by atoms with Gasteiger partial charge < -0.3 is 14.8 Å². The quantitative estimate of drug-likeness (QED) is 0.468. The first-order valence-electron chi connectivity index (χ1n) is 9.40. The number of methoxy groups -OCH3 is 1. The van der Waals surface area contributed by atoms with Gasteiger partial charge in [-0.3, -0.25) is 4.79 Å². The number of nitrogens with one attached hydrogen (secondary N) is 1. The zero-order valence-corrected chi connectivity index (χ0v) is 16.7. The Labute approximate surface area is 162 Å². The number of hydrogen-bond donors (Lipinski definition) is 1. The molecule has 0 atom stereocenters. The second-order valence-corrected chi connectivity index (χ2v) is 6.66. The largest absolute Gasteiger partial charge is 0.493 e. The molecule has 0 radical (unpaired) electrons. The van der Waals surface area contributed by atoms with Gasteiger partial charge in [0.15, 0.2) is 11.5 Å². The lowest BCUT2D eigenvalue weighted by Gasteiger charge is -2.11. The minimum atomic E-state index is -0.168. The molecule has 2 aromatic rings. The molecule has 0 aliphatic carbocycles. The lowest BCUT2D eigenvalue weighted by atomic mass is 10.1. The van der Waals surface area contributed by atoms with Gasteiger partial charge >= 0.3 is 0 Å². The molecule has 144 valence electrons. The van der Waals surface area contributed by atoms with E-state index in [1.165, 1.54) is 6.08 Å². The topological polar surface area (TPSA) is 47.6 Å². The van der Waals surface area contributed by atoms with Crippen molar-refractivity contribution in [1.29, 1.82) is 0 Å². The standard InChI is InChI=1S/C23H29NO3/c1-5-6-7-12-27-21-10-8-19(16-22(21)26-4)9-11-23(25)24-20-14-17(2)13-18(3)15-20/h8-11,13-16H,5-7,12H2,1-4H3,(H,24,25). The summed E-state index contributed by atoms with van der Waals surface area (Å²) in [5.41, 5.74) is 3.92. The number of carbonyl (C=O) groups excluding carboxylic acids is 1. The van der Waals surface area contributed by atoms with Gasteiger partial charge in [-0.05, 0) is 67.3 Å². The van der Waals surface area contributed by atoms with Crippen LogP contribution >= 0.6 is 0 Å². The highest BCUT2D eigenvalue weighted by Gasteiger charge is 2.05. The molecule has 0 aliphatic heterocycles. The van der Waals surface area contributed by atoms with Crippen molar-refractivity contribution < 1.29 is 14.3 Å². The molecular weight excluding hydrogens is 338 g/mol. The highest BCUT2D eigenvalue weighted by atomic mass is 16.5. The SMILES string of the molecule is CCCCCOc1ccc(C=CC(=O)Nc2cc(C)cc(C)c2)cc1OC. The number of hydrogen-bond acceptors (Lipinski definition) is 3. The lowest BCUT2D eigenvalue weighted by Crippen LogP contribution is -2.08. The van der Waals surface area contributed by atoms with Gasteiger partial charge in [-0.2, -0.15) is 0 Å². The molecule has 0 fully saturated rings. The summed E-state index contributed by atoms with van der Waals surface area (Å²) in [6.07, 6.45) is 6.63. The van der Waals surface area contributed by atoms with Gasteiger partial charge in [0.25, 0.3) is 0 Å². The number of anilines is 1. The molecule has 1 amide bonds. The summed E-state index contributed by atoms with van der Waals surface area (Å²) in [6.45, 7) is 6.86. The van der Waals surface area contributed by atoms with E-state index < -0.39 is 0 Å². The Kier molecular flexibility index (Phi) is 7.93. The molecule has 0 saturated carbocycles. The van der Waals surface area contributed by atoms with E-state index in [-0.39, 0.29) is 5.91 Å². The second kappa shape index (κ2) is 10.4. The van der Waals surface area contributed by atoms with Crippen molar-refractivity contribution in [2.75, 3.05) is 19.0 Å². The van der Waals surface area contributed by atoms with E-state index in [1.54, 1.807) is 13.2 Å². The number of aryl methyl sites for hydroxylation is 2. The van der Waals surface area contributed by atoms with Gasteiger partial charge in [-0.15, -0.1) is 0 Å². The molecule has 0 aromatic heterocycles. The molecule has 0 bridgehead atoms. The summed E-state index contributed by atoms with van der Waals surface area (Å²) in [5.74, 6) is 1.23. The van der Waals surface area contributed by atoms with Gasteiger partial charge in [0.2, 0.25) is 5.91 Å². The van der Waals surface area contributed by atoms with Gasteiger partial charge in [0.05, 0.1) is 13.7 Å². The van der Waals surface area contributed by atoms with Gasteiger partial charge in [-0.25, -0.2) is 0 Å². The molecule has 27 heavy (non-hydrogen) atoms. The molecule has 2 rings (SSSR count). The summed E-state index contributed by atoms with van der Waals surface area (Å²) in [7, 11) is 1.62. The normalized spacial score (nSPS) is 10.8. The van der Waals surface area contributed by atoms with Crippen molar-refractivity contribution in [3.05, 3.63) is 59.2 Å². The molecule has 2 aromatic carbocycles. The highest BCUT2D eigenvalue weighted by molar-refractivity contribution is 6.02. The van der Waals surface area contributed by atoms with Crippen molar-refractivity contribution in [2.45, 2.75) is 40.0 Å². The summed E-state index contributed by atoms with van der Waals surface area (Å²) in [6, 6.07) is 11.6. The molecule has 0 heterocycles. The Morgan fingerprint density at radius 1 is 1.04 bits per heavy atom. The molecule has 1 N–H and O–H groups in total. The van der Waals surface area contributed by atoms with E-state index in [1.807, 2.05) is 44.2 Å². The predicted molar refractivity (Wildman–Crippen MR) is 112 cm³/mol. The number of rotatable bonds is 9. The van der Waals surface area contributed by atoms with Gasteiger partial charge in [0.1, 0.15) is 0 Å². The average Bonchev–Trinajstić information content (AvgIpc) is 2.63. The summed E-state index contributed by atoms with van der Waals surface area (Å²) < 4.78 is 11.2. The predicted octanol–water partition coefficient (Wildman–Crippen LogP) is 5.53. The van der Waals surface area contributed by atoms with Crippen molar-refractivity contribution in [2.24, 2.45) is 0 Å². The third kappa shape index (κ3) is 6.81. The van der Waals surface area contributed by atoms with Crippen LogP contribution in [-0.2, 0) is 4.79 Å². The minimum Gasteiger partial charge on any atom is -0.493 e. The summed E-state index contributed by atoms with van der Waals surface area (Å²) in [4.78, 5) is 12.2. The van der Waals surface area contributed by atoms with Crippen LogP contribution in [0, 0.1) is 13.8 Å². The Morgan fingerprint density at radius 2 is 1.78 bits per heavy atom.